The molecule has 3 aromatic rings. The molecule has 6 rings (SSSR count). The van der Waals surface area contributed by atoms with Crippen molar-refractivity contribution in [2.24, 2.45) is 11.3 Å². The molecule has 0 radical (unpaired) electrons. The van der Waals surface area contributed by atoms with Crippen molar-refractivity contribution in [3.63, 3.8) is 0 Å². The van der Waals surface area contributed by atoms with Gasteiger partial charge in [0.25, 0.3) is 5.91 Å². The number of piperidine rings is 1. The third kappa shape index (κ3) is 8.16. The molecule has 6 nitrogen and oxygen atoms in total. The lowest BCUT2D eigenvalue weighted by atomic mass is 9.65. The van der Waals surface area contributed by atoms with Gasteiger partial charge in [0.05, 0.1) is 13.2 Å². The maximum Gasteiger partial charge on any atom is 0.404 e. The number of thiazole rings is 1. The average molecular weight is 687 g/mol. The van der Waals surface area contributed by atoms with Gasteiger partial charge in [-0.25, -0.2) is 4.39 Å². The second kappa shape index (κ2) is 14.7. The number of ether oxygens (including phenoxy) is 1. The molecule has 1 aromatic heterocycles. The third-order valence-electron chi connectivity index (χ3n) is 10.7. The Labute approximate surface area is 283 Å². The second-order valence-electron chi connectivity index (χ2n) is 14.2. The molecule has 1 amide bonds. The number of nitrogens with zero attached hydrogens (tertiary/aromatic N) is 1. The minimum Gasteiger partial charge on any atom is -0.494 e. The lowest BCUT2D eigenvalue weighted by Gasteiger charge is -2.47. The number of hydrogen-bond acceptors (Lipinski definition) is 5. The molecule has 2 aromatic carbocycles. The molecule has 260 valence electrons. The number of carbonyl (C=O) groups is 1. The minimum absolute atomic E-state index is 0.0909. The first-order chi connectivity index (χ1) is 23.0. The largest absolute Gasteiger partial charge is 0.494 e. The smallest absolute Gasteiger partial charge is 0.404 e. The quantitative estimate of drug-likeness (QED) is 0.208. The lowest BCUT2D eigenvalue weighted by molar-refractivity contribution is -0.171. The van der Waals surface area contributed by atoms with E-state index >= 15 is 0 Å². The van der Waals surface area contributed by atoms with Crippen LogP contribution in [0.4, 0.5) is 17.6 Å². The Morgan fingerprint density at radius 3 is 2.42 bits per heavy atom. The monoisotopic (exact) mass is 686 g/mol. The number of halogens is 4. The van der Waals surface area contributed by atoms with Gasteiger partial charge in [0.15, 0.2) is 16.4 Å². The van der Waals surface area contributed by atoms with Gasteiger partial charge in [-0.15, -0.1) is 11.3 Å². The molecule has 48 heavy (non-hydrogen) atoms. The standard InChI is InChI=1S/C37H46F4N4O2S/c1-47-31-20-26(11-12-30(31)38)32(25-9-10-25)44-34(46)28-18-24(22-45-15-16-48-35(45)42)17-27(19-28)29-21-36(23-43-33(29)37(39,40)41)13-7-5-3-2-4-6-8-14-36/h11-12,15-20,25,29,32-33,42-43H,2-10,13-14,21-23H2,1H3,(H,44,46)/t29?,32-,33?/m0/s1. The summed E-state index contributed by atoms with van der Waals surface area (Å²) in [6.45, 7) is 0.609. The molecule has 2 aliphatic carbocycles. The maximum atomic E-state index is 14.8. The summed E-state index contributed by atoms with van der Waals surface area (Å²) in [6, 6.07) is 7.65. The Morgan fingerprint density at radius 1 is 1.08 bits per heavy atom. The van der Waals surface area contributed by atoms with E-state index in [0.29, 0.717) is 28.9 Å². The van der Waals surface area contributed by atoms with E-state index in [1.54, 1.807) is 40.4 Å². The van der Waals surface area contributed by atoms with E-state index < -0.39 is 30.0 Å². The first-order valence-electron chi connectivity index (χ1n) is 17.3. The van der Waals surface area contributed by atoms with Crippen molar-refractivity contribution in [3.8, 4) is 5.75 Å². The molecular weight excluding hydrogens is 640 g/mol. The number of hydrogen-bond donors (Lipinski definition) is 3. The number of nitrogens with one attached hydrogen (secondary N) is 3. The molecular formula is C37H46F4N4O2S. The minimum atomic E-state index is -4.46. The van der Waals surface area contributed by atoms with Crippen molar-refractivity contribution in [3.05, 3.63) is 80.8 Å². The highest BCUT2D eigenvalue weighted by Crippen LogP contribution is 2.49. The zero-order valence-electron chi connectivity index (χ0n) is 27.5. The van der Waals surface area contributed by atoms with Gasteiger partial charge in [0.1, 0.15) is 6.04 Å². The van der Waals surface area contributed by atoms with Gasteiger partial charge >= 0.3 is 6.18 Å². The van der Waals surface area contributed by atoms with Gasteiger partial charge in [0.2, 0.25) is 0 Å². The van der Waals surface area contributed by atoms with Crippen molar-refractivity contribution in [2.45, 2.75) is 108 Å². The van der Waals surface area contributed by atoms with E-state index in [1.807, 2.05) is 6.07 Å². The highest BCUT2D eigenvalue weighted by Gasteiger charge is 2.51. The topological polar surface area (TPSA) is 79.1 Å². The van der Waals surface area contributed by atoms with Crippen LogP contribution in [0.1, 0.15) is 116 Å². The summed E-state index contributed by atoms with van der Waals surface area (Å²) in [4.78, 5) is 14.4. The number of benzene rings is 2. The zero-order valence-corrected chi connectivity index (χ0v) is 28.3. The van der Waals surface area contributed by atoms with Gasteiger partial charge in [-0.1, -0.05) is 57.1 Å². The van der Waals surface area contributed by atoms with Crippen LogP contribution in [0, 0.1) is 22.6 Å². The molecule has 11 heteroatoms. The first-order valence-corrected chi connectivity index (χ1v) is 18.2. The average Bonchev–Trinajstić information content (AvgIpc) is 3.83. The zero-order chi connectivity index (χ0) is 33.9. The van der Waals surface area contributed by atoms with E-state index in [1.165, 1.54) is 43.8 Å². The van der Waals surface area contributed by atoms with Gasteiger partial charge < -0.3 is 19.9 Å². The number of aromatic nitrogens is 1. The van der Waals surface area contributed by atoms with Gasteiger partial charge in [-0.3, -0.25) is 10.2 Å². The predicted molar refractivity (Wildman–Crippen MR) is 179 cm³/mol. The van der Waals surface area contributed by atoms with Crippen molar-refractivity contribution in [1.29, 1.82) is 5.41 Å². The van der Waals surface area contributed by atoms with Crippen LogP contribution < -0.4 is 20.2 Å². The Bertz CT molecular complexity index is 1620. The summed E-state index contributed by atoms with van der Waals surface area (Å²) < 4.78 is 65.4. The van der Waals surface area contributed by atoms with Crippen molar-refractivity contribution in [2.75, 3.05) is 13.7 Å². The predicted octanol–water partition coefficient (Wildman–Crippen LogP) is 8.62. The van der Waals surface area contributed by atoms with Crippen LogP contribution in [0.3, 0.4) is 0 Å². The molecule has 3 N–H and O–H groups in total. The molecule has 3 aliphatic rings. The summed E-state index contributed by atoms with van der Waals surface area (Å²) in [5, 5.41) is 16.2. The van der Waals surface area contributed by atoms with Gasteiger partial charge in [-0.05, 0) is 84.4 Å². The van der Waals surface area contributed by atoms with E-state index in [4.69, 9.17) is 10.1 Å². The highest BCUT2D eigenvalue weighted by atomic mass is 32.1. The lowest BCUT2D eigenvalue weighted by Crippen LogP contribution is -2.56. The number of rotatable bonds is 8. The third-order valence-corrected chi connectivity index (χ3v) is 11.4. The SMILES string of the molecule is COc1cc([C@@H](NC(=O)c2cc(Cn3ccsc3=N)cc(C3CC4(CCCCCCCCC4)CNC3C(F)(F)F)c2)C2CC2)ccc1F. The fourth-order valence-corrected chi connectivity index (χ4v) is 8.54. The molecule has 2 unspecified atom stereocenters. The molecule has 2 heterocycles. The van der Waals surface area contributed by atoms with Crippen LogP contribution in [-0.2, 0) is 6.54 Å². The highest BCUT2D eigenvalue weighted by molar-refractivity contribution is 7.06. The van der Waals surface area contributed by atoms with Crippen LogP contribution in [0.5, 0.6) is 5.75 Å². The van der Waals surface area contributed by atoms with Crippen LogP contribution in [-0.4, -0.2) is 36.3 Å². The summed E-state index contributed by atoms with van der Waals surface area (Å²) in [6.07, 6.45) is 9.10. The molecule has 1 aliphatic heterocycles. The Kier molecular flexibility index (Phi) is 10.7. The van der Waals surface area contributed by atoms with Gasteiger partial charge in [-0.2, -0.15) is 13.2 Å². The summed E-state index contributed by atoms with van der Waals surface area (Å²) in [5.74, 6) is -1.48. The van der Waals surface area contributed by atoms with Crippen LogP contribution >= 0.6 is 11.3 Å². The molecule has 1 saturated heterocycles. The van der Waals surface area contributed by atoms with E-state index in [2.05, 4.69) is 10.6 Å². The molecule has 0 bridgehead atoms. The normalized spacial score (nSPS) is 22.6. The van der Waals surface area contributed by atoms with Crippen LogP contribution in [0.25, 0.3) is 0 Å². The van der Waals surface area contributed by atoms with E-state index in [-0.39, 0.29) is 35.1 Å². The first kappa shape index (κ1) is 34.7. The van der Waals surface area contributed by atoms with E-state index in [0.717, 1.165) is 56.9 Å². The second-order valence-corrected chi connectivity index (χ2v) is 15.1. The Hall–Kier alpha value is -3.18. The van der Waals surface area contributed by atoms with Crippen molar-refractivity contribution >= 4 is 17.2 Å². The van der Waals surface area contributed by atoms with Crippen LogP contribution in [0.2, 0.25) is 0 Å². The fourth-order valence-electron chi connectivity index (χ4n) is 7.95. The summed E-state index contributed by atoms with van der Waals surface area (Å²) in [7, 11) is 1.39. The number of methoxy groups -OCH3 is 1. The number of amides is 1. The van der Waals surface area contributed by atoms with Crippen LogP contribution in [0.15, 0.2) is 48.0 Å². The van der Waals surface area contributed by atoms with Crippen molar-refractivity contribution in [1.82, 2.24) is 15.2 Å². The molecule has 3 fully saturated rings. The summed E-state index contributed by atoms with van der Waals surface area (Å²) >= 11 is 1.27. The van der Waals surface area contributed by atoms with Crippen molar-refractivity contribution < 1.29 is 27.1 Å². The van der Waals surface area contributed by atoms with Gasteiger partial charge in [0, 0.05) is 36.1 Å². The maximum absolute atomic E-state index is 14.8. The van der Waals surface area contributed by atoms with E-state index in [9.17, 15) is 22.4 Å². The molecule has 3 atom stereocenters. The Morgan fingerprint density at radius 2 is 1.79 bits per heavy atom. The molecule has 1 spiro atoms. The fraction of sp³-hybridized carbons (Fsp3) is 0.568. The Balaban J connectivity index is 1.37. The number of carbonyl (C=O) groups excluding carboxylic acids is 1. The molecule has 2 saturated carbocycles. The number of alkyl halides is 3. The summed E-state index contributed by atoms with van der Waals surface area (Å²) in [5.41, 5.74) is 1.94.